The fraction of sp³-hybridized carbons (Fsp3) is 0.750. The minimum absolute atomic E-state index is 0.203. The van der Waals surface area contributed by atoms with E-state index in [-0.39, 0.29) is 6.61 Å². The summed E-state index contributed by atoms with van der Waals surface area (Å²) in [6.07, 6.45) is -1.64. The fourth-order valence-electron chi connectivity index (χ4n) is 1.63. The van der Waals surface area contributed by atoms with Gasteiger partial charge in [0.1, 0.15) is 6.61 Å². The standard InChI is InChI=1S/C12H18O6/c1-5-8(17-7(2)13)10(14)18-9-11(15)16-6-12(9,3)4/h8-9H,5-6H2,1-4H3/t8?,9-/m0/s1. The molecule has 0 saturated carbocycles. The normalized spacial score (nSPS) is 23.1. The molecule has 18 heavy (non-hydrogen) atoms. The average Bonchev–Trinajstić information content (AvgIpc) is 2.52. The molecule has 1 heterocycles. The number of esters is 3. The molecule has 0 radical (unpaired) electrons. The molecule has 6 nitrogen and oxygen atoms in total. The Hall–Kier alpha value is -1.59. The molecule has 0 aromatic carbocycles. The van der Waals surface area contributed by atoms with Crippen molar-refractivity contribution in [3.05, 3.63) is 0 Å². The van der Waals surface area contributed by atoms with E-state index in [2.05, 4.69) is 0 Å². The van der Waals surface area contributed by atoms with Crippen molar-refractivity contribution in [2.45, 2.75) is 46.3 Å². The van der Waals surface area contributed by atoms with Gasteiger partial charge in [-0.3, -0.25) is 4.79 Å². The Morgan fingerprint density at radius 2 is 2.11 bits per heavy atom. The Bertz CT molecular complexity index is 360. The second-order valence-corrected chi connectivity index (χ2v) is 4.92. The van der Waals surface area contributed by atoms with Crippen LogP contribution in [-0.2, 0) is 28.6 Å². The van der Waals surface area contributed by atoms with Crippen LogP contribution in [0.25, 0.3) is 0 Å². The second-order valence-electron chi connectivity index (χ2n) is 4.92. The van der Waals surface area contributed by atoms with E-state index in [1.165, 1.54) is 6.92 Å². The fourth-order valence-corrected chi connectivity index (χ4v) is 1.63. The van der Waals surface area contributed by atoms with Gasteiger partial charge in [0.25, 0.3) is 0 Å². The summed E-state index contributed by atoms with van der Waals surface area (Å²) in [5.74, 6) is -1.84. The van der Waals surface area contributed by atoms with Crippen molar-refractivity contribution in [1.82, 2.24) is 0 Å². The van der Waals surface area contributed by atoms with Crippen LogP contribution in [0.2, 0.25) is 0 Å². The van der Waals surface area contributed by atoms with Gasteiger partial charge in [-0.1, -0.05) is 20.8 Å². The first-order valence-electron chi connectivity index (χ1n) is 5.82. The number of cyclic esters (lactones) is 1. The molecule has 1 fully saturated rings. The van der Waals surface area contributed by atoms with Gasteiger partial charge in [0, 0.05) is 12.3 Å². The number of hydrogen-bond donors (Lipinski definition) is 0. The van der Waals surface area contributed by atoms with E-state index in [0.717, 1.165) is 0 Å². The van der Waals surface area contributed by atoms with Gasteiger partial charge in [-0.15, -0.1) is 0 Å². The molecule has 0 aliphatic carbocycles. The maximum absolute atomic E-state index is 11.8. The molecule has 1 unspecified atom stereocenters. The maximum Gasteiger partial charge on any atom is 0.348 e. The average molecular weight is 258 g/mol. The lowest BCUT2D eigenvalue weighted by molar-refractivity contribution is -0.176. The van der Waals surface area contributed by atoms with Crippen molar-refractivity contribution < 1.29 is 28.6 Å². The van der Waals surface area contributed by atoms with Gasteiger partial charge in [0.05, 0.1) is 0 Å². The highest BCUT2D eigenvalue weighted by atomic mass is 16.6. The van der Waals surface area contributed by atoms with Crippen LogP contribution in [0, 0.1) is 5.41 Å². The molecule has 0 spiro atoms. The molecule has 0 bridgehead atoms. The summed E-state index contributed by atoms with van der Waals surface area (Å²) in [6, 6.07) is 0. The van der Waals surface area contributed by atoms with Gasteiger partial charge in [-0.25, -0.2) is 9.59 Å². The molecule has 1 aliphatic heterocycles. The lowest BCUT2D eigenvalue weighted by atomic mass is 9.90. The number of carbonyl (C=O) groups is 3. The number of ether oxygens (including phenoxy) is 3. The highest BCUT2D eigenvalue weighted by Gasteiger charge is 2.47. The van der Waals surface area contributed by atoms with E-state index in [4.69, 9.17) is 14.2 Å². The summed E-state index contributed by atoms with van der Waals surface area (Å²) in [5.41, 5.74) is -0.568. The first kappa shape index (κ1) is 14.5. The lowest BCUT2D eigenvalue weighted by Crippen LogP contribution is -2.39. The van der Waals surface area contributed by atoms with Crippen molar-refractivity contribution >= 4 is 17.9 Å². The van der Waals surface area contributed by atoms with E-state index in [1.807, 2.05) is 0 Å². The highest BCUT2D eigenvalue weighted by Crippen LogP contribution is 2.31. The van der Waals surface area contributed by atoms with Crippen LogP contribution < -0.4 is 0 Å². The first-order valence-corrected chi connectivity index (χ1v) is 5.82. The summed E-state index contributed by atoms with van der Waals surface area (Å²) >= 11 is 0. The Morgan fingerprint density at radius 1 is 1.50 bits per heavy atom. The zero-order valence-corrected chi connectivity index (χ0v) is 11.0. The van der Waals surface area contributed by atoms with Crippen LogP contribution >= 0.6 is 0 Å². The van der Waals surface area contributed by atoms with Crippen molar-refractivity contribution in [3.8, 4) is 0 Å². The summed E-state index contributed by atoms with van der Waals surface area (Å²) in [5, 5.41) is 0. The predicted octanol–water partition coefficient (Wildman–Crippen LogP) is 0.823. The van der Waals surface area contributed by atoms with Gasteiger partial charge in [0.15, 0.2) is 6.10 Å². The topological polar surface area (TPSA) is 78.9 Å². The van der Waals surface area contributed by atoms with Crippen molar-refractivity contribution in [2.24, 2.45) is 5.41 Å². The van der Waals surface area contributed by atoms with Gasteiger partial charge in [0.2, 0.25) is 6.10 Å². The minimum Gasteiger partial charge on any atom is -0.462 e. The number of carbonyl (C=O) groups excluding carboxylic acids is 3. The summed E-state index contributed by atoms with van der Waals surface area (Å²) < 4.78 is 14.8. The SMILES string of the molecule is CCC(OC(C)=O)C(=O)O[C@H]1C(=O)OCC1(C)C. The predicted molar refractivity (Wildman–Crippen MR) is 60.5 cm³/mol. The monoisotopic (exact) mass is 258 g/mol. The third-order valence-electron chi connectivity index (χ3n) is 2.69. The van der Waals surface area contributed by atoms with Crippen LogP contribution in [-0.4, -0.2) is 36.7 Å². The number of hydrogen-bond acceptors (Lipinski definition) is 6. The molecule has 0 aromatic heterocycles. The van der Waals surface area contributed by atoms with Crippen molar-refractivity contribution in [2.75, 3.05) is 6.61 Å². The Labute approximate surface area is 106 Å². The first-order chi connectivity index (χ1) is 8.27. The Kier molecular flexibility index (Phi) is 4.32. The van der Waals surface area contributed by atoms with Gasteiger partial charge in [-0.05, 0) is 6.42 Å². The molecule has 0 amide bonds. The van der Waals surface area contributed by atoms with Crippen LogP contribution in [0.5, 0.6) is 0 Å². The molecule has 6 heteroatoms. The van der Waals surface area contributed by atoms with Crippen LogP contribution in [0.4, 0.5) is 0 Å². The molecule has 1 saturated heterocycles. The molecule has 2 atom stereocenters. The van der Waals surface area contributed by atoms with E-state index >= 15 is 0 Å². The maximum atomic E-state index is 11.8. The van der Waals surface area contributed by atoms with Crippen molar-refractivity contribution in [1.29, 1.82) is 0 Å². The van der Waals surface area contributed by atoms with E-state index in [1.54, 1.807) is 20.8 Å². The van der Waals surface area contributed by atoms with Crippen LogP contribution in [0.3, 0.4) is 0 Å². The quantitative estimate of drug-likeness (QED) is 0.548. The van der Waals surface area contributed by atoms with Crippen LogP contribution in [0.15, 0.2) is 0 Å². The minimum atomic E-state index is -0.980. The van der Waals surface area contributed by atoms with E-state index < -0.39 is 35.5 Å². The van der Waals surface area contributed by atoms with Crippen LogP contribution in [0.1, 0.15) is 34.1 Å². The molecule has 0 N–H and O–H groups in total. The smallest absolute Gasteiger partial charge is 0.348 e. The van der Waals surface area contributed by atoms with Crippen molar-refractivity contribution in [3.63, 3.8) is 0 Å². The Morgan fingerprint density at radius 3 is 2.50 bits per heavy atom. The molecule has 1 aliphatic rings. The third-order valence-corrected chi connectivity index (χ3v) is 2.69. The summed E-state index contributed by atoms with van der Waals surface area (Å²) in [6.45, 7) is 6.64. The molecular formula is C12H18O6. The zero-order valence-electron chi connectivity index (χ0n) is 11.0. The zero-order chi connectivity index (χ0) is 13.9. The highest BCUT2D eigenvalue weighted by molar-refractivity contribution is 5.84. The molecular weight excluding hydrogens is 240 g/mol. The van der Waals surface area contributed by atoms with Gasteiger partial charge >= 0.3 is 17.9 Å². The number of rotatable bonds is 4. The summed E-state index contributed by atoms with van der Waals surface area (Å²) in [4.78, 5) is 34.1. The molecule has 1 rings (SSSR count). The third kappa shape index (κ3) is 3.21. The largest absolute Gasteiger partial charge is 0.462 e. The van der Waals surface area contributed by atoms with Gasteiger partial charge < -0.3 is 14.2 Å². The Balaban J connectivity index is 2.68. The van der Waals surface area contributed by atoms with Gasteiger partial charge in [-0.2, -0.15) is 0 Å². The van der Waals surface area contributed by atoms with E-state index in [0.29, 0.717) is 6.42 Å². The summed E-state index contributed by atoms with van der Waals surface area (Å²) in [7, 11) is 0. The molecule has 102 valence electrons. The lowest BCUT2D eigenvalue weighted by Gasteiger charge is -2.23. The molecule has 0 aromatic rings. The van der Waals surface area contributed by atoms with E-state index in [9.17, 15) is 14.4 Å². The second kappa shape index (κ2) is 5.37.